The highest BCUT2D eigenvalue weighted by molar-refractivity contribution is 6.33. The summed E-state index contributed by atoms with van der Waals surface area (Å²) in [7, 11) is 1.36. The van der Waals surface area contributed by atoms with E-state index in [-0.39, 0.29) is 40.0 Å². The van der Waals surface area contributed by atoms with Crippen LogP contribution in [0.1, 0.15) is 15.9 Å². The van der Waals surface area contributed by atoms with E-state index in [0.717, 1.165) is 0 Å². The van der Waals surface area contributed by atoms with Gasteiger partial charge >= 0.3 is 6.18 Å². The lowest BCUT2D eigenvalue weighted by Gasteiger charge is -2.14. The van der Waals surface area contributed by atoms with Crippen molar-refractivity contribution >= 4 is 23.2 Å². The van der Waals surface area contributed by atoms with Crippen molar-refractivity contribution in [2.45, 2.75) is 12.7 Å². The number of amides is 1. The third-order valence-corrected chi connectivity index (χ3v) is 3.55. The number of nitrogen functional groups attached to an aromatic ring is 1. The number of rotatable bonds is 6. The second kappa shape index (κ2) is 8.13. The fourth-order valence-corrected chi connectivity index (χ4v) is 2.19. The summed E-state index contributed by atoms with van der Waals surface area (Å²) in [6.07, 6.45) is -3.20. The molecule has 6 nitrogen and oxygen atoms in total. The van der Waals surface area contributed by atoms with Crippen molar-refractivity contribution in [2.75, 3.05) is 19.5 Å². The molecule has 2 rings (SSSR count). The molecule has 1 aromatic heterocycles. The SMILES string of the molecule is COc1cc(N)c(Cl)cc1C(=O)NCc1cccnc1OCC(F)(F)F. The first-order chi connectivity index (χ1) is 12.2. The molecule has 0 aliphatic heterocycles. The van der Waals surface area contributed by atoms with Gasteiger partial charge in [0.05, 0.1) is 23.4 Å². The van der Waals surface area contributed by atoms with Crippen LogP contribution in [0.3, 0.4) is 0 Å². The number of hydrogen-bond donors (Lipinski definition) is 2. The van der Waals surface area contributed by atoms with Crippen molar-refractivity contribution in [2.24, 2.45) is 0 Å². The van der Waals surface area contributed by atoms with Gasteiger partial charge in [0.15, 0.2) is 6.61 Å². The Kier molecular flexibility index (Phi) is 6.14. The molecule has 0 spiro atoms. The first-order valence-electron chi connectivity index (χ1n) is 7.26. The monoisotopic (exact) mass is 389 g/mol. The molecule has 1 heterocycles. The van der Waals surface area contributed by atoms with Gasteiger partial charge in [-0.3, -0.25) is 4.79 Å². The van der Waals surface area contributed by atoms with E-state index in [2.05, 4.69) is 15.0 Å². The predicted octanol–water partition coefficient (Wildman–Crippen LogP) is 3.20. The third-order valence-electron chi connectivity index (χ3n) is 3.23. The molecule has 1 amide bonds. The number of pyridine rings is 1. The summed E-state index contributed by atoms with van der Waals surface area (Å²) in [6.45, 7) is -1.59. The molecule has 10 heteroatoms. The van der Waals surface area contributed by atoms with E-state index in [1.54, 1.807) is 0 Å². The number of hydrogen-bond acceptors (Lipinski definition) is 5. The number of alkyl halides is 3. The van der Waals surface area contributed by atoms with Crippen molar-refractivity contribution in [3.63, 3.8) is 0 Å². The fraction of sp³-hybridized carbons (Fsp3) is 0.250. The van der Waals surface area contributed by atoms with Crippen LogP contribution < -0.4 is 20.5 Å². The molecule has 0 bridgehead atoms. The van der Waals surface area contributed by atoms with Crippen LogP contribution >= 0.6 is 11.6 Å². The third kappa shape index (κ3) is 5.16. The number of nitrogens with one attached hydrogen (secondary N) is 1. The molecule has 3 N–H and O–H groups in total. The highest BCUT2D eigenvalue weighted by Gasteiger charge is 2.29. The number of methoxy groups -OCH3 is 1. The van der Waals surface area contributed by atoms with Gasteiger partial charge in [0, 0.05) is 24.4 Å². The van der Waals surface area contributed by atoms with Crippen LogP contribution in [0.15, 0.2) is 30.5 Å². The maximum Gasteiger partial charge on any atom is 0.422 e. The van der Waals surface area contributed by atoms with Gasteiger partial charge in [0.1, 0.15) is 5.75 Å². The molecule has 0 atom stereocenters. The van der Waals surface area contributed by atoms with Gasteiger partial charge in [0.2, 0.25) is 5.88 Å². The zero-order chi connectivity index (χ0) is 19.3. The summed E-state index contributed by atoms with van der Waals surface area (Å²) < 4.78 is 46.7. The van der Waals surface area contributed by atoms with E-state index in [1.165, 1.54) is 37.6 Å². The van der Waals surface area contributed by atoms with E-state index in [4.69, 9.17) is 22.1 Å². The van der Waals surface area contributed by atoms with Crippen LogP contribution in [-0.4, -0.2) is 30.8 Å². The Labute approximate surface area is 152 Å². The summed E-state index contributed by atoms with van der Waals surface area (Å²) in [6, 6.07) is 5.75. The van der Waals surface area contributed by atoms with Crippen molar-refractivity contribution in [3.8, 4) is 11.6 Å². The van der Waals surface area contributed by atoms with E-state index in [1.807, 2.05) is 0 Å². The van der Waals surface area contributed by atoms with Gasteiger partial charge in [-0.2, -0.15) is 13.2 Å². The van der Waals surface area contributed by atoms with Gasteiger partial charge in [-0.05, 0) is 12.1 Å². The number of carbonyl (C=O) groups is 1. The van der Waals surface area contributed by atoms with Crippen molar-refractivity contribution in [1.29, 1.82) is 0 Å². The highest BCUT2D eigenvalue weighted by Crippen LogP contribution is 2.29. The quantitative estimate of drug-likeness (QED) is 0.741. The van der Waals surface area contributed by atoms with Crippen molar-refractivity contribution < 1.29 is 27.4 Å². The molecular formula is C16H15ClF3N3O3. The summed E-state index contributed by atoms with van der Waals surface area (Å²) in [5.41, 5.74) is 6.32. The maximum atomic E-state index is 12.4. The zero-order valence-electron chi connectivity index (χ0n) is 13.6. The molecular weight excluding hydrogens is 375 g/mol. The number of aromatic nitrogens is 1. The van der Waals surface area contributed by atoms with Crippen LogP contribution in [0.5, 0.6) is 11.6 Å². The Hall–Kier alpha value is -2.68. The number of ether oxygens (including phenoxy) is 2. The normalized spacial score (nSPS) is 11.1. The van der Waals surface area contributed by atoms with Crippen LogP contribution in [0, 0.1) is 0 Å². The van der Waals surface area contributed by atoms with Gasteiger partial charge in [-0.15, -0.1) is 0 Å². The standard InChI is InChI=1S/C16H15ClF3N3O3/c1-25-13-6-12(21)11(17)5-10(13)14(24)23-7-9-3-2-4-22-15(9)26-8-16(18,19)20/h2-6H,7-8,21H2,1H3,(H,23,24). The second-order valence-corrected chi connectivity index (χ2v) is 5.54. The molecule has 140 valence electrons. The average molecular weight is 390 g/mol. The van der Waals surface area contributed by atoms with E-state index >= 15 is 0 Å². The van der Waals surface area contributed by atoms with Gasteiger partial charge in [-0.25, -0.2) is 4.98 Å². The largest absolute Gasteiger partial charge is 0.496 e. The molecule has 0 aliphatic carbocycles. The summed E-state index contributed by atoms with van der Waals surface area (Å²) >= 11 is 5.92. The van der Waals surface area contributed by atoms with Crippen molar-refractivity contribution in [1.82, 2.24) is 10.3 Å². The Balaban J connectivity index is 2.12. The van der Waals surface area contributed by atoms with Crippen LogP contribution in [-0.2, 0) is 6.54 Å². The predicted molar refractivity (Wildman–Crippen MR) is 89.4 cm³/mol. The Morgan fingerprint density at radius 3 is 2.77 bits per heavy atom. The smallest absolute Gasteiger partial charge is 0.422 e. The Bertz CT molecular complexity index is 800. The molecule has 26 heavy (non-hydrogen) atoms. The number of nitrogens with two attached hydrogens (primary N) is 1. The van der Waals surface area contributed by atoms with Crippen LogP contribution in [0.25, 0.3) is 0 Å². The molecule has 0 fully saturated rings. The minimum atomic E-state index is -4.49. The molecule has 0 aliphatic rings. The number of halogens is 4. The van der Waals surface area contributed by atoms with Gasteiger partial charge in [0.25, 0.3) is 5.91 Å². The Morgan fingerprint density at radius 2 is 2.12 bits per heavy atom. The number of anilines is 1. The number of carbonyl (C=O) groups excluding carboxylic acids is 1. The van der Waals surface area contributed by atoms with Gasteiger partial charge in [-0.1, -0.05) is 17.7 Å². The first-order valence-corrected chi connectivity index (χ1v) is 7.63. The summed E-state index contributed by atoms with van der Waals surface area (Å²) in [4.78, 5) is 16.1. The van der Waals surface area contributed by atoms with Crippen LogP contribution in [0.2, 0.25) is 5.02 Å². The highest BCUT2D eigenvalue weighted by atomic mass is 35.5. The summed E-state index contributed by atoms with van der Waals surface area (Å²) in [5.74, 6) is -0.550. The van der Waals surface area contributed by atoms with E-state index < -0.39 is 18.7 Å². The molecule has 0 saturated carbocycles. The molecule has 0 saturated heterocycles. The molecule has 0 radical (unpaired) electrons. The lowest BCUT2D eigenvalue weighted by atomic mass is 10.1. The molecule has 1 aromatic carbocycles. The molecule has 0 unspecified atom stereocenters. The van der Waals surface area contributed by atoms with Crippen molar-refractivity contribution in [3.05, 3.63) is 46.6 Å². The lowest BCUT2D eigenvalue weighted by molar-refractivity contribution is -0.154. The topological polar surface area (TPSA) is 86.5 Å². The lowest BCUT2D eigenvalue weighted by Crippen LogP contribution is -2.25. The number of nitrogens with zero attached hydrogens (tertiary/aromatic N) is 1. The zero-order valence-corrected chi connectivity index (χ0v) is 14.3. The van der Waals surface area contributed by atoms with Crippen LogP contribution in [0.4, 0.5) is 18.9 Å². The Morgan fingerprint density at radius 1 is 1.38 bits per heavy atom. The second-order valence-electron chi connectivity index (χ2n) is 5.13. The minimum Gasteiger partial charge on any atom is -0.496 e. The maximum absolute atomic E-state index is 12.4. The summed E-state index contributed by atoms with van der Waals surface area (Å²) in [5, 5.41) is 2.73. The average Bonchev–Trinajstić information content (AvgIpc) is 2.59. The fourth-order valence-electron chi connectivity index (χ4n) is 2.02. The van der Waals surface area contributed by atoms with E-state index in [0.29, 0.717) is 0 Å². The van der Waals surface area contributed by atoms with Gasteiger partial charge < -0.3 is 20.5 Å². The van der Waals surface area contributed by atoms with E-state index in [9.17, 15) is 18.0 Å². The minimum absolute atomic E-state index is 0.106. The molecule has 2 aromatic rings. The first kappa shape index (κ1) is 19.6. The number of benzene rings is 1.